The average Bonchev–Trinajstić information content (AvgIpc) is 3.29. The smallest absolute Gasteiger partial charge is 0.224 e. The maximum absolute atomic E-state index is 12.6. The number of hydrogen-bond acceptors (Lipinski definition) is 3. The molecular formula is C24H27N2O2S+. The van der Waals surface area contributed by atoms with Crippen molar-refractivity contribution in [2.75, 3.05) is 20.2 Å². The summed E-state index contributed by atoms with van der Waals surface area (Å²) in [5.74, 6) is 0.870. The quantitative estimate of drug-likeness (QED) is 0.633. The molecule has 0 fully saturated rings. The number of amides is 1. The van der Waals surface area contributed by atoms with Crippen LogP contribution in [0.4, 0.5) is 0 Å². The van der Waals surface area contributed by atoms with E-state index in [9.17, 15) is 4.79 Å². The summed E-state index contributed by atoms with van der Waals surface area (Å²) in [6, 6.07) is 21.0. The van der Waals surface area contributed by atoms with Crippen LogP contribution in [0.2, 0.25) is 0 Å². The zero-order chi connectivity index (χ0) is 20.1. The van der Waals surface area contributed by atoms with E-state index in [4.69, 9.17) is 4.74 Å². The SMILES string of the molecule is COc1ccc(CC(=O)NC[C@@H](c2cccs2)[NH+]2CCc3ccccc3C2)cc1. The number of nitrogens with one attached hydrogen (secondary N) is 2. The van der Waals surface area contributed by atoms with Gasteiger partial charge in [-0.05, 0) is 34.7 Å². The van der Waals surface area contributed by atoms with Crippen molar-refractivity contribution < 1.29 is 14.4 Å². The van der Waals surface area contributed by atoms with Crippen molar-refractivity contribution >= 4 is 17.2 Å². The Morgan fingerprint density at radius 2 is 1.90 bits per heavy atom. The van der Waals surface area contributed by atoms with Gasteiger partial charge in [-0.2, -0.15) is 0 Å². The second-order valence-electron chi connectivity index (χ2n) is 7.50. The summed E-state index contributed by atoms with van der Waals surface area (Å²) in [7, 11) is 1.65. The molecule has 0 bridgehead atoms. The minimum atomic E-state index is 0.0635. The molecule has 1 aromatic heterocycles. The largest absolute Gasteiger partial charge is 0.497 e. The van der Waals surface area contributed by atoms with E-state index < -0.39 is 0 Å². The maximum Gasteiger partial charge on any atom is 0.224 e. The zero-order valence-electron chi connectivity index (χ0n) is 16.7. The minimum absolute atomic E-state index is 0.0635. The van der Waals surface area contributed by atoms with E-state index >= 15 is 0 Å². The number of quaternary nitrogens is 1. The molecule has 1 aliphatic heterocycles. The molecule has 0 saturated carbocycles. The van der Waals surface area contributed by atoms with Crippen molar-refractivity contribution in [3.63, 3.8) is 0 Å². The highest BCUT2D eigenvalue weighted by molar-refractivity contribution is 7.10. The average molecular weight is 408 g/mol. The van der Waals surface area contributed by atoms with Crippen molar-refractivity contribution in [2.24, 2.45) is 0 Å². The van der Waals surface area contributed by atoms with Crippen LogP contribution in [0.3, 0.4) is 0 Å². The summed E-state index contributed by atoms with van der Waals surface area (Å²) in [5, 5.41) is 5.31. The van der Waals surface area contributed by atoms with Crippen LogP contribution in [-0.4, -0.2) is 26.1 Å². The molecule has 0 aliphatic carbocycles. The molecule has 29 heavy (non-hydrogen) atoms. The van der Waals surface area contributed by atoms with Gasteiger partial charge in [0.2, 0.25) is 5.91 Å². The Bertz CT molecular complexity index is 938. The third-order valence-corrected chi connectivity index (χ3v) is 6.64. The van der Waals surface area contributed by atoms with E-state index in [2.05, 4.69) is 47.1 Å². The lowest BCUT2D eigenvalue weighted by molar-refractivity contribution is -0.945. The summed E-state index contributed by atoms with van der Waals surface area (Å²) >= 11 is 1.78. The molecule has 0 saturated heterocycles. The molecule has 4 rings (SSSR count). The van der Waals surface area contributed by atoms with E-state index in [0.29, 0.717) is 13.0 Å². The Morgan fingerprint density at radius 3 is 2.62 bits per heavy atom. The standard InChI is InChI=1S/C24H26N2O2S/c1-28-21-10-8-18(9-11-21)15-24(27)25-16-22(23-7-4-14-29-23)26-13-12-19-5-2-3-6-20(19)17-26/h2-11,14,22H,12-13,15-17H2,1H3,(H,25,27)/p+1/t22-/m0/s1. The number of ether oxygens (including phenoxy) is 1. The fraction of sp³-hybridized carbons (Fsp3) is 0.292. The predicted octanol–water partition coefficient (Wildman–Crippen LogP) is 2.80. The van der Waals surface area contributed by atoms with Gasteiger partial charge < -0.3 is 15.0 Å². The van der Waals surface area contributed by atoms with Gasteiger partial charge >= 0.3 is 0 Å². The third kappa shape index (κ3) is 4.86. The van der Waals surface area contributed by atoms with Crippen molar-refractivity contribution in [2.45, 2.75) is 25.4 Å². The van der Waals surface area contributed by atoms with Crippen LogP contribution in [0.5, 0.6) is 5.75 Å². The van der Waals surface area contributed by atoms with E-state index in [1.165, 1.54) is 20.9 Å². The first-order chi connectivity index (χ1) is 14.2. The molecule has 2 aromatic carbocycles. The van der Waals surface area contributed by atoms with Gasteiger partial charge in [0.05, 0.1) is 31.5 Å². The van der Waals surface area contributed by atoms with Gasteiger partial charge in [-0.25, -0.2) is 0 Å². The van der Waals surface area contributed by atoms with Crippen LogP contribution in [0, 0.1) is 0 Å². The lowest BCUT2D eigenvalue weighted by Gasteiger charge is -2.32. The number of fused-ring (bicyclic) bond motifs is 1. The third-order valence-electron chi connectivity index (χ3n) is 5.66. The summed E-state index contributed by atoms with van der Waals surface area (Å²) in [4.78, 5) is 15.4. The minimum Gasteiger partial charge on any atom is -0.497 e. The van der Waals surface area contributed by atoms with Gasteiger partial charge in [0.25, 0.3) is 0 Å². The van der Waals surface area contributed by atoms with E-state index in [1.54, 1.807) is 18.4 Å². The Morgan fingerprint density at radius 1 is 1.10 bits per heavy atom. The first-order valence-corrected chi connectivity index (χ1v) is 11.0. The first kappa shape index (κ1) is 19.7. The molecule has 1 aliphatic rings. The number of rotatable bonds is 7. The van der Waals surface area contributed by atoms with Crippen LogP contribution >= 0.6 is 11.3 Å². The molecule has 2 N–H and O–H groups in total. The molecular weight excluding hydrogens is 380 g/mol. The molecule has 1 unspecified atom stereocenters. The lowest BCUT2D eigenvalue weighted by atomic mass is 9.98. The van der Waals surface area contributed by atoms with Crippen molar-refractivity contribution in [3.05, 3.63) is 87.6 Å². The van der Waals surface area contributed by atoms with Crippen LogP contribution in [0.25, 0.3) is 0 Å². The maximum atomic E-state index is 12.6. The van der Waals surface area contributed by atoms with Gasteiger partial charge in [0, 0.05) is 12.0 Å². The fourth-order valence-electron chi connectivity index (χ4n) is 4.04. The Labute approximate surface area is 176 Å². The predicted molar refractivity (Wildman–Crippen MR) is 116 cm³/mol. The van der Waals surface area contributed by atoms with Gasteiger partial charge in [0.1, 0.15) is 18.3 Å². The number of carbonyl (C=O) groups excluding carboxylic acids is 1. The number of carbonyl (C=O) groups is 1. The molecule has 0 spiro atoms. The topological polar surface area (TPSA) is 42.8 Å². The molecule has 2 atom stereocenters. The van der Waals surface area contributed by atoms with Gasteiger partial charge in [-0.15, -0.1) is 11.3 Å². The van der Waals surface area contributed by atoms with Crippen LogP contribution < -0.4 is 15.0 Å². The highest BCUT2D eigenvalue weighted by Gasteiger charge is 2.29. The molecule has 2 heterocycles. The summed E-state index contributed by atoms with van der Waals surface area (Å²) in [5.41, 5.74) is 3.89. The molecule has 0 radical (unpaired) electrons. The summed E-state index contributed by atoms with van der Waals surface area (Å²) in [6.45, 7) is 2.76. The molecule has 3 aromatic rings. The van der Waals surface area contributed by atoms with Gasteiger partial charge in [-0.1, -0.05) is 42.5 Å². The van der Waals surface area contributed by atoms with Gasteiger partial charge in [0.15, 0.2) is 0 Å². The van der Waals surface area contributed by atoms with Gasteiger partial charge in [-0.3, -0.25) is 4.79 Å². The highest BCUT2D eigenvalue weighted by Crippen LogP contribution is 2.19. The van der Waals surface area contributed by atoms with Crippen LogP contribution in [0.1, 0.15) is 27.6 Å². The second-order valence-corrected chi connectivity index (χ2v) is 8.48. The Hall–Kier alpha value is -2.63. The van der Waals surface area contributed by atoms with E-state index in [-0.39, 0.29) is 11.9 Å². The number of thiophene rings is 1. The Kier molecular flexibility index (Phi) is 6.27. The van der Waals surface area contributed by atoms with Crippen molar-refractivity contribution in [1.82, 2.24) is 5.32 Å². The fourth-order valence-corrected chi connectivity index (χ4v) is 4.93. The normalized spacial score (nSPS) is 16.7. The number of hydrogen-bond donors (Lipinski definition) is 2. The monoisotopic (exact) mass is 407 g/mol. The molecule has 5 heteroatoms. The van der Waals surface area contributed by atoms with Crippen molar-refractivity contribution in [3.8, 4) is 5.75 Å². The zero-order valence-corrected chi connectivity index (χ0v) is 17.5. The second kappa shape index (κ2) is 9.25. The summed E-state index contributed by atoms with van der Waals surface area (Å²) < 4.78 is 5.18. The Balaban J connectivity index is 1.41. The van der Waals surface area contributed by atoms with Crippen molar-refractivity contribution in [1.29, 1.82) is 0 Å². The van der Waals surface area contributed by atoms with Crippen LogP contribution in [0.15, 0.2) is 66.0 Å². The number of benzene rings is 2. The molecule has 1 amide bonds. The summed E-state index contributed by atoms with van der Waals surface area (Å²) in [6.07, 6.45) is 1.48. The highest BCUT2D eigenvalue weighted by atomic mass is 32.1. The molecule has 4 nitrogen and oxygen atoms in total. The van der Waals surface area contributed by atoms with Crippen LogP contribution in [-0.2, 0) is 24.2 Å². The van der Waals surface area contributed by atoms with E-state index in [0.717, 1.165) is 30.8 Å². The first-order valence-electron chi connectivity index (χ1n) is 10.1. The molecule has 150 valence electrons. The van der Waals surface area contributed by atoms with E-state index in [1.807, 2.05) is 24.3 Å². The lowest BCUT2D eigenvalue weighted by Crippen LogP contribution is -3.12. The number of methoxy groups -OCH3 is 1.